The number of hydrogen-bond acceptors (Lipinski definition) is 5. The van der Waals surface area contributed by atoms with Crippen LogP contribution in [-0.4, -0.2) is 47.1 Å². The first-order valence-corrected chi connectivity index (χ1v) is 14.6. The summed E-state index contributed by atoms with van der Waals surface area (Å²) in [7, 11) is 1.46. The molecular weight excluding hydrogens is 545 g/mol. The molecule has 0 amide bonds. The second kappa shape index (κ2) is 11.2. The van der Waals surface area contributed by atoms with E-state index in [9.17, 15) is 23.1 Å². The number of carboxylic acid groups (broad SMARTS) is 1. The van der Waals surface area contributed by atoms with Crippen molar-refractivity contribution in [2.45, 2.75) is 63.5 Å². The summed E-state index contributed by atoms with van der Waals surface area (Å²) in [6, 6.07) is 13.3. The van der Waals surface area contributed by atoms with Crippen LogP contribution in [0.1, 0.15) is 66.9 Å². The number of likely N-dealkylation sites (tertiary alicyclic amines) is 1. The highest BCUT2D eigenvalue weighted by Gasteiger charge is 2.40. The van der Waals surface area contributed by atoms with Gasteiger partial charge in [0, 0.05) is 31.1 Å². The zero-order chi connectivity index (χ0) is 29.6. The number of halogens is 3. The van der Waals surface area contributed by atoms with Crippen LogP contribution in [0.25, 0.3) is 11.1 Å². The first kappa shape index (κ1) is 28.5. The van der Waals surface area contributed by atoms with Crippen molar-refractivity contribution < 1.29 is 32.5 Å². The zero-order valence-corrected chi connectivity index (χ0v) is 23.8. The van der Waals surface area contributed by atoms with Crippen LogP contribution in [0.2, 0.25) is 0 Å². The number of carboxylic acids is 1. The number of hydrogen-bond donors (Lipinski definition) is 1. The number of aryl methyl sites for hydroxylation is 1. The molecule has 3 aromatic rings. The average molecular weight is 581 g/mol. The summed E-state index contributed by atoms with van der Waals surface area (Å²) in [4.78, 5) is 17.5. The van der Waals surface area contributed by atoms with E-state index in [1.165, 1.54) is 13.2 Å². The van der Waals surface area contributed by atoms with Gasteiger partial charge in [-0.2, -0.15) is 0 Å². The molecule has 2 unspecified atom stereocenters. The molecular formula is C33H35F3N2O4. The minimum absolute atomic E-state index is 0.0616. The van der Waals surface area contributed by atoms with Gasteiger partial charge in [0.25, 0.3) is 5.92 Å². The third-order valence-corrected chi connectivity index (χ3v) is 8.95. The van der Waals surface area contributed by atoms with E-state index in [1.807, 2.05) is 36.4 Å². The van der Waals surface area contributed by atoms with E-state index in [0.717, 1.165) is 59.9 Å². The number of alkyl halides is 2. The number of benzene rings is 2. The van der Waals surface area contributed by atoms with Gasteiger partial charge in [-0.05, 0) is 71.4 Å². The number of aliphatic carboxylic acids is 1. The SMILES string of the molecule is COc1cc(-c2ccc(C3CCc4ccc(C(C5CC5)[C@H](C)C(=O)O)cc4O3)cc2CN2CCC(F)(F)C2)c(F)cn1. The Balaban J connectivity index is 1.32. The molecule has 6 rings (SSSR count). The second-order valence-electron chi connectivity index (χ2n) is 11.9. The van der Waals surface area contributed by atoms with Crippen LogP contribution in [0.5, 0.6) is 11.6 Å². The molecule has 1 aromatic heterocycles. The molecule has 2 aliphatic heterocycles. The van der Waals surface area contributed by atoms with Gasteiger partial charge in [0.15, 0.2) is 0 Å². The van der Waals surface area contributed by atoms with E-state index in [-0.39, 0.29) is 44.0 Å². The lowest BCUT2D eigenvalue weighted by Crippen LogP contribution is -2.25. The molecule has 1 aliphatic carbocycles. The predicted octanol–water partition coefficient (Wildman–Crippen LogP) is 7.02. The lowest BCUT2D eigenvalue weighted by atomic mass is 9.82. The fraction of sp³-hybridized carbons (Fsp3) is 0.455. The fourth-order valence-corrected chi connectivity index (χ4v) is 6.53. The lowest BCUT2D eigenvalue weighted by molar-refractivity contribution is -0.142. The molecule has 1 N–H and O–H groups in total. The van der Waals surface area contributed by atoms with Crippen LogP contribution in [0, 0.1) is 17.7 Å². The largest absolute Gasteiger partial charge is 0.485 e. The third kappa shape index (κ3) is 5.84. The van der Waals surface area contributed by atoms with E-state index >= 15 is 0 Å². The fourth-order valence-electron chi connectivity index (χ4n) is 6.53. The Labute approximate surface area is 243 Å². The predicted molar refractivity (Wildman–Crippen MR) is 151 cm³/mol. The Morgan fingerprint density at radius 3 is 2.67 bits per heavy atom. The van der Waals surface area contributed by atoms with Crippen molar-refractivity contribution in [2.75, 3.05) is 20.2 Å². The highest BCUT2D eigenvalue weighted by Crippen LogP contribution is 2.48. The Hall–Kier alpha value is -3.59. The highest BCUT2D eigenvalue weighted by molar-refractivity contribution is 5.71. The normalized spacial score (nSPS) is 21.3. The van der Waals surface area contributed by atoms with Gasteiger partial charge in [-0.3, -0.25) is 9.69 Å². The van der Waals surface area contributed by atoms with Crippen molar-refractivity contribution in [3.63, 3.8) is 0 Å². The number of carbonyl (C=O) groups is 1. The molecule has 222 valence electrons. The average Bonchev–Trinajstić information content (AvgIpc) is 3.75. The molecule has 1 saturated carbocycles. The molecule has 3 atom stereocenters. The van der Waals surface area contributed by atoms with E-state index in [1.54, 1.807) is 11.8 Å². The van der Waals surface area contributed by atoms with E-state index < -0.39 is 23.6 Å². The Morgan fingerprint density at radius 2 is 1.98 bits per heavy atom. The van der Waals surface area contributed by atoms with Gasteiger partial charge >= 0.3 is 5.97 Å². The van der Waals surface area contributed by atoms with Crippen molar-refractivity contribution in [3.8, 4) is 22.8 Å². The Bertz CT molecular complexity index is 1490. The van der Waals surface area contributed by atoms with Gasteiger partial charge < -0.3 is 14.6 Å². The van der Waals surface area contributed by atoms with Gasteiger partial charge in [0.05, 0.1) is 25.8 Å². The summed E-state index contributed by atoms with van der Waals surface area (Å²) in [6.45, 7) is 1.93. The Morgan fingerprint density at radius 1 is 1.17 bits per heavy atom. The third-order valence-electron chi connectivity index (χ3n) is 8.95. The molecule has 0 spiro atoms. The molecule has 0 radical (unpaired) electrons. The number of nitrogens with zero attached hydrogens (tertiary/aromatic N) is 2. The molecule has 1 saturated heterocycles. The maximum Gasteiger partial charge on any atom is 0.306 e. The van der Waals surface area contributed by atoms with Crippen LogP contribution >= 0.6 is 0 Å². The van der Waals surface area contributed by atoms with E-state index in [0.29, 0.717) is 17.0 Å². The number of fused-ring (bicyclic) bond motifs is 1. The Kier molecular flexibility index (Phi) is 7.64. The molecule has 6 nitrogen and oxygen atoms in total. The maximum absolute atomic E-state index is 15.0. The quantitative estimate of drug-likeness (QED) is 0.293. The molecule has 0 bridgehead atoms. The molecule has 3 heterocycles. The van der Waals surface area contributed by atoms with Gasteiger partial charge in [-0.15, -0.1) is 0 Å². The summed E-state index contributed by atoms with van der Waals surface area (Å²) in [5, 5.41) is 9.72. The topological polar surface area (TPSA) is 71.9 Å². The van der Waals surface area contributed by atoms with E-state index in [4.69, 9.17) is 9.47 Å². The number of aromatic nitrogens is 1. The minimum atomic E-state index is -2.74. The van der Waals surface area contributed by atoms with Crippen molar-refractivity contribution in [3.05, 3.63) is 76.7 Å². The highest BCUT2D eigenvalue weighted by atomic mass is 19.3. The van der Waals surface area contributed by atoms with Crippen molar-refractivity contribution in [2.24, 2.45) is 11.8 Å². The monoisotopic (exact) mass is 580 g/mol. The molecule has 3 aliphatic rings. The zero-order valence-electron chi connectivity index (χ0n) is 23.8. The van der Waals surface area contributed by atoms with Crippen molar-refractivity contribution in [1.82, 2.24) is 9.88 Å². The first-order valence-electron chi connectivity index (χ1n) is 14.6. The van der Waals surface area contributed by atoms with Gasteiger partial charge in [0.2, 0.25) is 5.88 Å². The second-order valence-corrected chi connectivity index (χ2v) is 11.9. The standard InChI is InChI=1S/C33H35F3N2O4/c1-19(32(39)40)31(21-4-5-21)23-6-3-20-8-10-28(42-29(20)14-23)22-7-9-25(26-15-30(41-2)37-16-27(26)34)24(13-22)17-38-12-11-33(35,36)18-38/h3,6-7,9,13-16,19,21,28,31H,4-5,8,10-12,17-18H2,1-2H3,(H,39,40)/t19-,28?,31?/m0/s1. The lowest BCUT2D eigenvalue weighted by Gasteiger charge is -2.29. The molecule has 2 fully saturated rings. The smallest absolute Gasteiger partial charge is 0.306 e. The number of methoxy groups -OCH3 is 1. The van der Waals surface area contributed by atoms with E-state index in [2.05, 4.69) is 4.98 Å². The van der Waals surface area contributed by atoms with Crippen LogP contribution in [0.15, 0.2) is 48.7 Å². The molecule has 2 aromatic carbocycles. The van der Waals surface area contributed by atoms with Crippen molar-refractivity contribution in [1.29, 1.82) is 0 Å². The van der Waals surface area contributed by atoms with Crippen LogP contribution in [0.4, 0.5) is 13.2 Å². The van der Waals surface area contributed by atoms with Gasteiger partial charge in [0.1, 0.15) is 17.7 Å². The summed E-state index contributed by atoms with van der Waals surface area (Å²) in [5.41, 5.74) is 4.57. The summed E-state index contributed by atoms with van der Waals surface area (Å²) in [5.74, 6) is -3.23. The summed E-state index contributed by atoms with van der Waals surface area (Å²) >= 11 is 0. The number of rotatable bonds is 9. The first-order chi connectivity index (χ1) is 20.1. The number of ether oxygens (including phenoxy) is 2. The van der Waals surface area contributed by atoms with Crippen LogP contribution in [-0.2, 0) is 17.8 Å². The van der Waals surface area contributed by atoms with Crippen molar-refractivity contribution >= 4 is 5.97 Å². The number of pyridine rings is 1. The summed E-state index contributed by atoms with van der Waals surface area (Å²) in [6.07, 6.45) is 4.20. The van der Waals surface area contributed by atoms with Crippen LogP contribution < -0.4 is 9.47 Å². The molecule has 9 heteroatoms. The summed E-state index contributed by atoms with van der Waals surface area (Å²) < 4.78 is 54.8. The maximum atomic E-state index is 15.0. The van der Waals surface area contributed by atoms with Gasteiger partial charge in [-0.25, -0.2) is 18.2 Å². The minimum Gasteiger partial charge on any atom is -0.485 e. The molecule has 42 heavy (non-hydrogen) atoms. The van der Waals surface area contributed by atoms with Gasteiger partial charge in [-0.1, -0.05) is 37.3 Å². The van der Waals surface area contributed by atoms with Crippen LogP contribution in [0.3, 0.4) is 0 Å².